The Hall–Kier alpha value is -2.36. The van der Waals surface area contributed by atoms with Gasteiger partial charge in [0.05, 0.1) is 12.3 Å². The quantitative estimate of drug-likeness (QED) is 0.469. The summed E-state index contributed by atoms with van der Waals surface area (Å²) in [5, 5.41) is 7.36. The van der Waals surface area contributed by atoms with E-state index in [1.54, 1.807) is 24.3 Å². The average Bonchev–Trinajstić information content (AvgIpc) is 3.31. The van der Waals surface area contributed by atoms with Crippen molar-refractivity contribution >= 4 is 29.2 Å². The van der Waals surface area contributed by atoms with E-state index >= 15 is 4.39 Å². The van der Waals surface area contributed by atoms with Gasteiger partial charge < -0.3 is 0 Å². The molecule has 5 nitrogen and oxygen atoms in total. The number of alkyl halides is 2. The highest BCUT2D eigenvalue weighted by atomic mass is 32.2. The van der Waals surface area contributed by atoms with Crippen molar-refractivity contribution in [2.45, 2.75) is 44.7 Å². The third-order valence-electron chi connectivity index (χ3n) is 6.72. The predicted octanol–water partition coefficient (Wildman–Crippen LogP) is 5.38. The fourth-order valence-corrected chi connectivity index (χ4v) is 5.48. The molecule has 2 aromatic carbocycles. The molecule has 1 aliphatic carbocycles. The van der Waals surface area contributed by atoms with Crippen LogP contribution >= 0.6 is 12.1 Å². The molecule has 2 heterocycles. The van der Waals surface area contributed by atoms with Crippen molar-refractivity contribution in [2.75, 3.05) is 30.5 Å². The van der Waals surface area contributed by atoms with E-state index in [9.17, 15) is 8.78 Å². The minimum atomic E-state index is -2.64. The van der Waals surface area contributed by atoms with Gasteiger partial charge in [-0.1, -0.05) is 36.8 Å². The number of piperazine rings is 1. The Morgan fingerprint density at radius 3 is 2.38 bits per heavy atom. The van der Waals surface area contributed by atoms with Crippen molar-refractivity contribution in [3.8, 4) is 0 Å². The highest BCUT2D eigenvalue weighted by Crippen LogP contribution is 2.31. The fourth-order valence-electron chi connectivity index (χ4n) is 4.46. The average molecular weight is 488 g/mol. The first-order chi connectivity index (χ1) is 16.6. The number of halogens is 3. The molecule has 2 fully saturated rings. The Morgan fingerprint density at radius 1 is 1.00 bits per heavy atom. The molecule has 0 aromatic heterocycles. The Kier molecular flexibility index (Phi) is 7.22. The van der Waals surface area contributed by atoms with Gasteiger partial charge in [-0.2, -0.15) is 10.2 Å². The van der Waals surface area contributed by atoms with Crippen LogP contribution in [0, 0.1) is 5.82 Å². The molecule has 2 aliphatic heterocycles. The molecule has 0 amide bonds. The third-order valence-corrected chi connectivity index (χ3v) is 7.86. The molecule has 5 rings (SSSR count). The molecule has 0 radical (unpaired) electrons. The first-order valence-electron chi connectivity index (χ1n) is 11.8. The number of benzene rings is 2. The molecular formula is C25H28F3N5S. The topological polar surface area (TPSA) is 34.4 Å². The van der Waals surface area contributed by atoms with Gasteiger partial charge in [-0.3, -0.25) is 9.21 Å². The van der Waals surface area contributed by atoms with Crippen LogP contribution in [0.1, 0.15) is 36.8 Å². The molecule has 0 N–H and O–H groups in total. The predicted molar refractivity (Wildman–Crippen MR) is 132 cm³/mol. The lowest BCUT2D eigenvalue weighted by molar-refractivity contribution is 0.0919. The molecule has 34 heavy (non-hydrogen) atoms. The smallest absolute Gasteiger partial charge is 0.278 e. The van der Waals surface area contributed by atoms with E-state index in [-0.39, 0.29) is 17.9 Å². The highest BCUT2D eigenvalue weighted by Gasteiger charge is 2.29. The van der Waals surface area contributed by atoms with Crippen LogP contribution in [0.15, 0.2) is 58.7 Å². The summed E-state index contributed by atoms with van der Waals surface area (Å²) in [5.41, 5.74) is 2.14. The zero-order valence-corrected chi connectivity index (χ0v) is 19.7. The second kappa shape index (κ2) is 10.5. The zero-order valence-electron chi connectivity index (χ0n) is 18.9. The number of rotatable bonds is 8. The molecule has 180 valence electrons. The largest absolute Gasteiger partial charge is 0.299 e. The first-order valence-corrected chi connectivity index (χ1v) is 12.5. The second-order valence-electron chi connectivity index (χ2n) is 8.93. The van der Waals surface area contributed by atoms with E-state index in [2.05, 4.69) is 23.7 Å². The lowest BCUT2D eigenvalue weighted by Crippen LogP contribution is -2.51. The van der Waals surface area contributed by atoms with Crippen LogP contribution in [0.5, 0.6) is 0 Å². The molecule has 0 bridgehead atoms. The fraction of sp³-hybridized carbons (Fsp3) is 0.440. The van der Waals surface area contributed by atoms with E-state index < -0.39 is 6.43 Å². The minimum Gasteiger partial charge on any atom is -0.299 e. The molecule has 0 spiro atoms. The van der Waals surface area contributed by atoms with Crippen molar-refractivity contribution in [1.82, 2.24) is 9.21 Å². The Morgan fingerprint density at radius 2 is 1.76 bits per heavy atom. The molecule has 9 heteroatoms. The van der Waals surface area contributed by atoms with Gasteiger partial charge in [-0.05, 0) is 31.0 Å². The highest BCUT2D eigenvalue weighted by molar-refractivity contribution is 7.98. The number of anilines is 1. The summed E-state index contributed by atoms with van der Waals surface area (Å²) in [5.74, 6) is -0.373. The zero-order chi connectivity index (χ0) is 23.5. The molecule has 0 unspecified atom stereocenters. The van der Waals surface area contributed by atoms with E-state index in [1.165, 1.54) is 25.3 Å². The number of hydrogen-bond donors (Lipinski definition) is 0. The Bertz CT molecular complexity index is 1050. The Labute approximate surface area is 202 Å². The summed E-state index contributed by atoms with van der Waals surface area (Å²) in [6.07, 6.45) is 1.30. The van der Waals surface area contributed by atoms with E-state index in [0.29, 0.717) is 23.4 Å². The molecule has 1 saturated carbocycles. The Balaban J connectivity index is 1.26. The SMILES string of the molecule is Fc1cc(C2=NN=C(C(F)F)C2)ccc1CN(SN1CCN(C2CCC2)CC1)c1ccccc1. The van der Waals surface area contributed by atoms with E-state index in [0.717, 1.165) is 37.9 Å². The van der Waals surface area contributed by atoms with Gasteiger partial charge in [0, 0.05) is 67.6 Å². The van der Waals surface area contributed by atoms with Crippen LogP contribution in [-0.2, 0) is 6.54 Å². The summed E-state index contributed by atoms with van der Waals surface area (Å²) in [6, 6.07) is 15.6. The van der Waals surface area contributed by atoms with E-state index in [1.807, 2.05) is 30.3 Å². The molecule has 0 atom stereocenters. The molecule has 3 aliphatic rings. The van der Waals surface area contributed by atoms with Gasteiger partial charge in [0.1, 0.15) is 11.5 Å². The van der Waals surface area contributed by atoms with Crippen LogP contribution < -0.4 is 4.31 Å². The number of hydrogen-bond acceptors (Lipinski definition) is 6. The summed E-state index contributed by atoms with van der Waals surface area (Å²) in [4.78, 5) is 2.60. The van der Waals surface area contributed by atoms with Crippen molar-refractivity contribution < 1.29 is 13.2 Å². The maximum absolute atomic E-state index is 15.1. The van der Waals surface area contributed by atoms with Gasteiger partial charge >= 0.3 is 0 Å². The van der Waals surface area contributed by atoms with Gasteiger partial charge in [-0.15, -0.1) is 0 Å². The van der Waals surface area contributed by atoms with Gasteiger partial charge in [0.2, 0.25) is 0 Å². The van der Waals surface area contributed by atoms with Gasteiger partial charge in [-0.25, -0.2) is 17.5 Å². The maximum atomic E-state index is 15.1. The summed E-state index contributed by atoms with van der Waals surface area (Å²) < 4.78 is 45.3. The van der Waals surface area contributed by atoms with Crippen molar-refractivity contribution in [3.63, 3.8) is 0 Å². The van der Waals surface area contributed by atoms with Crippen molar-refractivity contribution in [3.05, 3.63) is 65.5 Å². The number of nitrogens with zero attached hydrogens (tertiary/aromatic N) is 5. The van der Waals surface area contributed by atoms with Crippen LogP contribution in [0.2, 0.25) is 0 Å². The van der Waals surface area contributed by atoms with Gasteiger partial charge in [0.25, 0.3) is 6.43 Å². The summed E-state index contributed by atoms with van der Waals surface area (Å²) in [7, 11) is 0. The monoisotopic (exact) mass is 487 g/mol. The van der Waals surface area contributed by atoms with Crippen LogP contribution in [0.4, 0.5) is 18.9 Å². The standard InChI is InChI=1S/C25H28F3N5S/c26-22-15-18(23-16-24(25(27)28)30-29-23)9-10-19(22)17-33(21-5-2-1-3-6-21)34-32-13-11-31(12-14-32)20-7-4-8-20/h1-3,5-6,9-10,15,20,25H,4,7-8,11-14,16-17H2. The second-order valence-corrected chi connectivity index (χ2v) is 10.0. The summed E-state index contributed by atoms with van der Waals surface area (Å²) >= 11 is 1.64. The van der Waals surface area contributed by atoms with Crippen LogP contribution in [-0.4, -0.2) is 59.3 Å². The summed E-state index contributed by atoms with van der Waals surface area (Å²) in [6.45, 7) is 4.45. The lowest BCUT2D eigenvalue weighted by atomic mass is 9.91. The molecule has 2 aromatic rings. The normalized spacial score (nSPS) is 19.8. The lowest BCUT2D eigenvalue weighted by Gasteiger charge is -2.43. The van der Waals surface area contributed by atoms with Crippen LogP contribution in [0.25, 0.3) is 0 Å². The third kappa shape index (κ3) is 5.31. The van der Waals surface area contributed by atoms with Gasteiger partial charge in [0.15, 0.2) is 0 Å². The number of para-hydroxylation sites is 1. The van der Waals surface area contributed by atoms with Crippen LogP contribution in [0.3, 0.4) is 0 Å². The molecule has 1 saturated heterocycles. The first kappa shape index (κ1) is 23.4. The van der Waals surface area contributed by atoms with Crippen molar-refractivity contribution in [2.24, 2.45) is 10.2 Å². The minimum absolute atomic E-state index is 0.0463. The van der Waals surface area contributed by atoms with E-state index in [4.69, 9.17) is 0 Å². The molecular weight excluding hydrogens is 459 g/mol. The van der Waals surface area contributed by atoms with Crippen molar-refractivity contribution in [1.29, 1.82) is 0 Å². The maximum Gasteiger partial charge on any atom is 0.278 e.